The Hall–Kier alpha value is -1.88. The van der Waals surface area contributed by atoms with Gasteiger partial charge in [0.05, 0.1) is 17.4 Å². The lowest BCUT2D eigenvalue weighted by Gasteiger charge is -2.26. The van der Waals surface area contributed by atoms with E-state index in [0.29, 0.717) is 12.1 Å². The van der Waals surface area contributed by atoms with E-state index in [9.17, 15) is 4.79 Å². The van der Waals surface area contributed by atoms with Gasteiger partial charge in [0.2, 0.25) is 0 Å². The Kier molecular flexibility index (Phi) is 3.15. The fourth-order valence-electron chi connectivity index (χ4n) is 3.17. The van der Waals surface area contributed by atoms with Crippen LogP contribution in [0.15, 0.2) is 24.5 Å². The normalized spacial score (nSPS) is 21.8. The van der Waals surface area contributed by atoms with Crippen LogP contribution in [0.4, 0.5) is 0 Å². The molecule has 1 aromatic carbocycles. The van der Waals surface area contributed by atoms with Crippen LogP contribution >= 0.6 is 0 Å². The van der Waals surface area contributed by atoms with Crippen molar-refractivity contribution in [3.63, 3.8) is 0 Å². The number of hydrogen-bond acceptors (Lipinski definition) is 3. The lowest BCUT2D eigenvalue weighted by atomic mass is 10.1. The van der Waals surface area contributed by atoms with Crippen LogP contribution in [0.3, 0.4) is 0 Å². The zero-order chi connectivity index (χ0) is 14.2. The number of rotatable bonds is 4. The van der Waals surface area contributed by atoms with Crippen molar-refractivity contribution in [3.05, 3.63) is 30.1 Å². The number of aromatic amines is 1. The fraction of sp³-hybridized carbons (Fsp3) is 0.500. The molecule has 2 fully saturated rings. The van der Waals surface area contributed by atoms with Crippen molar-refractivity contribution in [2.24, 2.45) is 0 Å². The molecule has 1 atom stereocenters. The third-order valence-electron chi connectivity index (χ3n) is 4.50. The van der Waals surface area contributed by atoms with Crippen molar-refractivity contribution in [1.29, 1.82) is 0 Å². The minimum atomic E-state index is 0.155. The second kappa shape index (κ2) is 5.15. The van der Waals surface area contributed by atoms with Crippen molar-refractivity contribution in [3.8, 4) is 0 Å². The minimum absolute atomic E-state index is 0.155. The van der Waals surface area contributed by atoms with Gasteiger partial charge in [-0.1, -0.05) is 0 Å². The lowest BCUT2D eigenvalue weighted by Crippen LogP contribution is -2.42. The minimum Gasteiger partial charge on any atom is -0.345 e. The van der Waals surface area contributed by atoms with Gasteiger partial charge in [0, 0.05) is 24.2 Å². The molecule has 1 aliphatic heterocycles. The monoisotopic (exact) mass is 284 g/mol. The number of carbonyl (C=O) groups is 1. The summed E-state index contributed by atoms with van der Waals surface area (Å²) in [6.07, 6.45) is 6.35. The van der Waals surface area contributed by atoms with E-state index < -0.39 is 0 Å². The van der Waals surface area contributed by atoms with Gasteiger partial charge in [-0.2, -0.15) is 0 Å². The first-order valence-electron chi connectivity index (χ1n) is 7.79. The zero-order valence-electron chi connectivity index (χ0n) is 12.0. The number of amides is 1. The predicted octanol–water partition coefficient (Wildman–Crippen LogP) is 1.92. The fourth-order valence-corrected chi connectivity index (χ4v) is 3.17. The number of H-pyrrole nitrogens is 1. The summed E-state index contributed by atoms with van der Waals surface area (Å²) < 4.78 is 0. The number of hydrogen-bond donors (Lipinski definition) is 2. The second-order valence-corrected chi connectivity index (χ2v) is 6.12. The first kappa shape index (κ1) is 12.8. The number of nitrogens with zero attached hydrogens (tertiary/aromatic N) is 2. The van der Waals surface area contributed by atoms with Crippen molar-refractivity contribution in [2.45, 2.75) is 37.8 Å². The first-order chi connectivity index (χ1) is 10.3. The number of nitrogens with one attached hydrogen (secondary N) is 2. The Balaban J connectivity index is 1.57. The number of aromatic nitrogens is 2. The summed E-state index contributed by atoms with van der Waals surface area (Å²) in [5.41, 5.74) is 2.59. The molecular weight excluding hydrogens is 264 g/mol. The lowest BCUT2D eigenvalue weighted by molar-refractivity contribution is 0.0729. The predicted molar refractivity (Wildman–Crippen MR) is 81.2 cm³/mol. The van der Waals surface area contributed by atoms with Gasteiger partial charge in [-0.05, 0) is 50.4 Å². The Bertz CT molecular complexity index is 655. The van der Waals surface area contributed by atoms with Crippen LogP contribution in [0.5, 0.6) is 0 Å². The van der Waals surface area contributed by atoms with Gasteiger partial charge in [-0.25, -0.2) is 4.98 Å². The molecule has 5 nitrogen and oxygen atoms in total. The number of imidazole rings is 1. The van der Waals surface area contributed by atoms with Crippen LogP contribution in [0.2, 0.25) is 0 Å². The van der Waals surface area contributed by atoms with Gasteiger partial charge in [-0.3, -0.25) is 4.79 Å². The van der Waals surface area contributed by atoms with Crippen LogP contribution in [-0.4, -0.2) is 45.9 Å². The molecule has 2 aromatic rings. The summed E-state index contributed by atoms with van der Waals surface area (Å²) >= 11 is 0. The van der Waals surface area contributed by atoms with E-state index >= 15 is 0 Å². The van der Waals surface area contributed by atoms with Crippen molar-refractivity contribution in [2.75, 3.05) is 13.1 Å². The largest absolute Gasteiger partial charge is 0.345 e. The maximum atomic E-state index is 12.8. The molecule has 4 rings (SSSR count). The average Bonchev–Trinajstić information content (AvgIpc) is 3.02. The smallest absolute Gasteiger partial charge is 0.254 e. The van der Waals surface area contributed by atoms with Crippen LogP contribution in [0, 0.1) is 0 Å². The highest BCUT2D eigenvalue weighted by Gasteiger charge is 2.35. The van der Waals surface area contributed by atoms with E-state index in [2.05, 4.69) is 20.2 Å². The Labute approximate surface area is 123 Å². The standard InChI is InChI=1S/C16H20N4O/c21-16(11-3-6-14-15(8-11)19-10-18-14)20(13-4-5-13)9-12-2-1-7-17-12/h3,6,8,10,12-13,17H,1-2,4-5,7,9H2,(H,18,19). The summed E-state index contributed by atoms with van der Waals surface area (Å²) in [5.74, 6) is 0.155. The number of carbonyl (C=O) groups excluding carboxylic acids is 1. The molecule has 21 heavy (non-hydrogen) atoms. The van der Waals surface area contributed by atoms with Gasteiger partial charge >= 0.3 is 0 Å². The molecule has 1 saturated carbocycles. The summed E-state index contributed by atoms with van der Waals surface area (Å²) in [6, 6.07) is 6.63. The van der Waals surface area contributed by atoms with E-state index in [1.165, 1.54) is 12.8 Å². The van der Waals surface area contributed by atoms with E-state index in [1.54, 1.807) is 6.33 Å². The zero-order valence-corrected chi connectivity index (χ0v) is 12.0. The Morgan fingerprint density at radius 3 is 3.00 bits per heavy atom. The number of benzene rings is 1. The molecule has 110 valence electrons. The van der Waals surface area contributed by atoms with Crippen LogP contribution in [0.1, 0.15) is 36.0 Å². The molecule has 2 heterocycles. The van der Waals surface area contributed by atoms with Crippen LogP contribution in [-0.2, 0) is 0 Å². The average molecular weight is 284 g/mol. The molecular formula is C16H20N4O. The molecule has 0 spiro atoms. The maximum Gasteiger partial charge on any atom is 0.254 e. The quantitative estimate of drug-likeness (QED) is 0.901. The third-order valence-corrected chi connectivity index (χ3v) is 4.50. The highest BCUT2D eigenvalue weighted by atomic mass is 16.2. The molecule has 2 N–H and O–H groups in total. The number of fused-ring (bicyclic) bond motifs is 1. The molecule has 2 aliphatic rings. The van der Waals surface area contributed by atoms with Crippen LogP contribution in [0.25, 0.3) is 11.0 Å². The molecule has 1 aromatic heterocycles. The summed E-state index contributed by atoms with van der Waals surface area (Å²) in [7, 11) is 0. The summed E-state index contributed by atoms with van der Waals surface area (Å²) in [4.78, 5) is 22.2. The van der Waals surface area contributed by atoms with Gasteiger partial charge in [0.25, 0.3) is 5.91 Å². The van der Waals surface area contributed by atoms with E-state index in [4.69, 9.17) is 0 Å². The first-order valence-corrected chi connectivity index (χ1v) is 7.79. The SMILES string of the molecule is O=C(c1ccc2nc[nH]c2c1)N(CC1CCCN1)C1CC1. The highest BCUT2D eigenvalue weighted by molar-refractivity contribution is 5.97. The molecule has 1 saturated heterocycles. The van der Waals surface area contributed by atoms with Crippen molar-refractivity contribution in [1.82, 2.24) is 20.2 Å². The van der Waals surface area contributed by atoms with Crippen molar-refractivity contribution < 1.29 is 4.79 Å². The summed E-state index contributed by atoms with van der Waals surface area (Å²) in [5, 5.41) is 3.49. The molecule has 1 amide bonds. The topological polar surface area (TPSA) is 61.0 Å². The van der Waals surface area contributed by atoms with Gasteiger partial charge in [-0.15, -0.1) is 0 Å². The molecule has 1 unspecified atom stereocenters. The summed E-state index contributed by atoms with van der Waals surface area (Å²) in [6.45, 7) is 1.92. The second-order valence-electron chi connectivity index (χ2n) is 6.12. The Morgan fingerprint density at radius 2 is 2.24 bits per heavy atom. The molecule has 5 heteroatoms. The van der Waals surface area contributed by atoms with E-state index in [-0.39, 0.29) is 5.91 Å². The van der Waals surface area contributed by atoms with Gasteiger partial charge in [0.15, 0.2) is 0 Å². The van der Waals surface area contributed by atoms with Crippen LogP contribution < -0.4 is 5.32 Å². The van der Waals surface area contributed by atoms with E-state index in [1.807, 2.05) is 18.2 Å². The Morgan fingerprint density at radius 1 is 1.33 bits per heavy atom. The maximum absolute atomic E-state index is 12.8. The van der Waals surface area contributed by atoms with E-state index in [0.717, 1.165) is 42.5 Å². The molecule has 1 aliphatic carbocycles. The highest BCUT2D eigenvalue weighted by Crippen LogP contribution is 2.29. The molecule has 0 radical (unpaired) electrons. The molecule has 0 bridgehead atoms. The van der Waals surface area contributed by atoms with Gasteiger partial charge in [0.1, 0.15) is 0 Å². The van der Waals surface area contributed by atoms with Gasteiger partial charge < -0.3 is 15.2 Å². The van der Waals surface area contributed by atoms with Crippen molar-refractivity contribution >= 4 is 16.9 Å². The third kappa shape index (κ3) is 2.53.